The highest BCUT2D eigenvalue weighted by Gasteiger charge is 2.26. The Balaban J connectivity index is 1.36. The summed E-state index contributed by atoms with van der Waals surface area (Å²) in [5, 5.41) is 7.47. The Kier molecular flexibility index (Phi) is 6.28. The molecule has 1 N–H and O–H groups in total. The van der Waals surface area contributed by atoms with Crippen LogP contribution in [0.15, 0.2) is 120 Å². The molecule has 1 unspecified atom stereocenters. The highest BCUT2D eigenvalue weighted by molar-refractivity contribution is 6.14. The fourth-order valence-electron chi connectivity index (χ4n) is 6.28. The number of hydrogen-bond donors (Lipinski definition) is 1. The van der Waals surface area contributed by atoms with E-state index < -0.39 is 0 Å². The summed E-state index contributed by atoms with van der Waals surface area (Å²) < 4.78 is 2.44. The van der Waals surface area contributed by atoms with Crippen molar-refractivity contribution in [1.82, 2.24) is 4.57 Å². The normalized spacial score (nSPS) is 14.8. The minimum atomic E-state index is -0.107. The molecule has 0 spiro atoms. The molecule has 0 aliphatic carbocycles. The second-order valence-electron chi connectivity index (χ2n) is 11.0. The molecule has 1 aliphatic heterocycles. The number of nitrogens with zero attached hydrogens (tertiary/aromatic N) is 2. The van der Waals surface area contributed by atoms with Crippen molar-refractivity contribution < 1.29 is 0 Å². The third-order valence-corrected chi connectivity index (χ3v) is 8.25. The summed E-state index contributed by atoms with van der Waals surface area (Å²) in [6.45, 7) is 7.24. The van der Waals surface area contributed by atoms with Gasteiger partial charge in [0.15, 0.2) is 0 Å². The van der Waals surface area contributed by atoms with Gasteiger partial charge in [-0.3, -0.25) is 4.99 Å². The number of aryl methyl sites for hydroxylation is 2. The molecular weight excluding hydrogens is 498 g/mol. The smallest absolute Gasteiger partial charge is 0.133 e. The summed E-state index contributed by atoms with van der Waals surface area (Å²) in [5.41, 5.74) is 11.0. The molecule has 0 amide bonds. The molecule has 3 heteroatoms. The van der Waals surface area contributed by atoms with Crippen molar-refractivity contribution in [3.05, 3.63) is 154 Å². The molecule has 0 saturated carbocycles. The lowest BCUT2D eigenvalue weighted by Crippen LogP contribution is -2.22. The molecular formula is C38H33N3. The molecule has 0 saturated heterocycles. The summed E-state index contributed by atoms with van der Waals surface area (Å²) in [6.07, 6.45) is 4.36. The average molecular weight is 532 g/mol. The quantitative estimate of drug-likeness (QED) is 0.236. The van der Waals surface area contributed by atoms with Gasteiger partial charge in [0.2, 0.25) is 0 Å². The van der Waals surface area contributed by atoms with Crippen molar-refractivity contribution in [2.75, 3.05) is 5.32 Å². The fourth-order valence-corrected chi connectivity index (χ4v) is 6.28. The number of benzene rings is 5. The van der Waals surface area contributed by atoms with E-state index in [1.54, 1.807) is 0 Å². The largest absolute Gasteiger partial charge is 0.339 e. The van der Waals surface area contributed by atoms with Crippen LogP contribution >= 0.6 is 0 Å². The van der Waals surface area contributed by atoms with E-state index in [0.717, 1.165) is 23.6 Å². The van der Waals surface area contributed by atoms with E-state index in [1.807, 2.05) is 0 Å². The summed E-state index contributed by atoms with van der Waals surface area (Å²) in [4.78, 5) is 5.35. The van der Waals surface area contributed by atoms with E-state index in [2.05, 4.69) is 152 Å². The van der Waals surface area contributed by atoms with Gasteiger partial charge >= 0.3 is 0 Å². The number of allylic oxidation sites excluding steroid dienone is 1. The number of rotatable bonds is 5. The van der Waals surface area contributed by atoms with E-state index >= 15 is 0 Å². The summed E-state index contributed by atoms with van der Waals surface area (Å²) in [5.74, 6) is 0.912. The van der Waals surface area contributed by atoms with Crippen LogP contribution in [0.3, 0.4) is 0 Å². The summed E-state index contributed by atoms with van der Waals surface area (Å²) >= 11 is 0. The Bertz CT molecular complexity index is 1990. The van der Waals surface area contributed by atoms with Crippen molar-refractivity contribution in [2.24, 2.45) is 4.99 Å². The first kappa shape index (κ1) is 25.1. The van der Waals surface area contributed by atoms with Crippen LogP contribution in [0.2, 0.25) is 0 Å². The van der Waals surface area contributed by atoms with E-state index in [9.17, 15) is 0 Å². The van der Waals surface area contributed by atoms with Gasteiger partial charge in [-0.15, -0.1) is 0 Å². The molecule has 2 heterocycles. The Morgan fingerprint density at radius 1 is 0.805 bits per heavy atom. The topological polar surface area (TPSA) is 29.3 Å². The Hall–Kier alpha value is -4.89. The molecule has 1 atom stereocenters. The van der Waals surface area contributed by atoms with Gasteiger partial charge in [-0.25, -0.2) is 0 Å². The maximum atomic E-state index is 5.35. The van der Waals surface area contributed by atoms with Gasteiger partial charge in [-0.1, -0.05) is 109 Å². The summed E-state index contributed by atoms with van der Waals surface area (Å²) in [6, 6.07) is 39.2. The molecule has 200 valence electrons. The molecule has 0 bridgehead atoms. The van der Waals surface area contributed by atoms with Crippen LogP contribution in [0.5, 0.6) is 0 Å². The number of fused-ring (bicyclic) bond motifs is 4. The first-order valence-electron chi connectivity index (χ1n) is 14.3. The fraction of sp³-hybridized carbons (Fsp3) is 0.132. The third kappa shape index (κ3) is 4.44. The molecule has 6 aromatic rings. The van der Waals surface area contributed by atoms with Crippen LogP contribution in [-0.2, 0) is 6.54 Å². The molecule has 3 nitrogen and oxygen atoms in total. The zero-order valence-electron chi connectivity index (χ0n) is 23.7. The minimum Gasteiger partial charge on any atom is -0.339 e. The zero-order chi connectivity index (χ0) is 27.9. The lowest BCUT2D eigenvalue weighted by molar-refractivity contribution is 0.812. The van der Waals surface area contributed by atoms with Gasteiger partial charge in [0, 0.05) is 39.7 Å². The molecule has 5 aromatic carbocycles. The van der Waals surface area contributed by atoms with Crippen LogP contribution in [0.1, 0.15) is 52.0 Å². The lowest BCUT2D eigenvalue weighted by Gasteiger charge is -2.27. The van der Waals surface area contributed by atoms with Crippen LogP contribution < -0.4 is 5.32 Å². The number of aromatic nitrogens is 1. The third-order valence-electron chi connectivity index (χ3n) is 8.25. The van der Waals surface area contributed by atoms with Gasteiger partial charge in [0.25, 0.3) is 0 Å². The molecule has 0 radical (unpaired) electrons. The SMILES string of the molecule is C/C=C\c1c(C)c2ccccc2n1Cc1cccc(C2N=C(c3cccc(C)c3)Nc3c2ccc2ccccc32)c1. The van der Waals surface area contributed by atoms with Gasteiger partial charge in [-0.2, -0.15) is 0 Å². The van der Waals surface area contributed by atoms with Crippen molar-refractivity contribution in [2.45, 2.75) is 33.4 Å². The second-order valence-corrected chi connectivity index (χ2v) is 11.0. The number of aliphatic imine (C=N–C) groups is 1. The zero-order valence-corrected chi connectivity index (χ0v) is 23.7. The Morgan fingerprint density at radius 2 is 1.61 bits per heavy atom. The van der Waals surface area contributed by atoms with Gasteiger partial charge < -0.3 is 9.88 Å². The van der Waals surface area contributed by atoms with E-state index in [0.29, 0.717) is 0 Å². The monoisotopic (exact) mass is 531 g/mol. The number of hydrogen-bond acceptors (Lipinski definition) is 2. The first-order valence-corrected chi connectivity index (χ1v) is 14.3. The Labute approximate surface area is 241 Å². The molecule has 1 aromatic heterocycles. The van der Waals surface area contributed by atoms with Crippen molar-refractivity contribution in [1.29, 1.82) is 0 Å². The van der Waals surface area contributed by atoms with Gasteiger partial charge in [-0.05, 0) is 61.1 Å². The maximum absolute atomic E-state index is 5.35. The highest BCUT2D eigenvalue weighted by Crippen LogP contribution is 2.40. The van der Waals surface area contributed by atoms with Gasteiger partial charge in [0.05, 0.1) is 5.69 Å². The lowest BCUT2D eigenvalue weighted by atomic mass is 9.91. The predicted molar refractivity (Wildman–Crippen MR) is 174 cm³/mol. The predicted octanol–water partition coefficient (Wildman–Crippen LogP) is 9.45. The molecule has 1 aliphatic rings. The number of anilines is 1. The van der Waals surface area contributed by atoms with Gasteiger partial charge in [0.1, 0.15) is 11.9 Å². The standard InChI is InChI=1S/C38H33N3/c1-4-11-34-26(3)31-17-7-8-19-35(31)41(34)24-27-13-10-15-29(23-27)36-33-21-20-28-14-5-6-18-32(28)37(33)40-38(39-36)30-16-9-12-25(2)22-30/h4-23,36H,24H2,1-3H3,(H,39,40)/b11-4-. The molecule has 0 fully saturated rings. The minimum absolute atomic E-state index is 0.107. The number of amidine groups is 1. The molecule has 7 rings (SSSR count). The van der Waals surface area contributed by atoms with Crippen LogP contribution in [0.4, 0.5) is 5.69 Å². The maximum Gasteiger partial charge on any atom is 0.133 e. The second kappa shape index (κ2) is 10.3. The first-order chi connectivity index (χ1) is 20.1. The van der Waals surface area contributed by atoms with Crippen LogP contribution in [-0.4, -0.2) is 10.4 Å². The number of nitrogens with one attached hydrogen (secondary N) is 1. The summed E-state index contributed by atoms with van der Waals surface area (Å²) in [7, 11) is 0. The highest BCUT2D eigenvalue weighted by atomic mass is 15.1. The van der Waals surface area contributed by atoms with Crippen LogP contribution in [0, 0.1) is 13.8 Å². The van der Waals surface area contributed by atoms with E-state index in [-0.39, 0.29) is 6.04 Å². The number of para-hydroxylation sites is 1. The average Bonchev–Trinajstić information content (AvgIpc) is 3.27. The Morgan fingerprint density at radius 3 is 2.46 bits per heavy atom. The van der Waals surface area contributed by atoms with E-state index in [4.69, 9.17) is 4.99 Å². The van der Waals surface area contributed by atoms with Crippen molar-refractivity contribution in [3.63, 3.8) is 0 Å². The van der Waals surface area contributed by atoms with E-state index in [1.165, 1.54) is 55.2 Å². The molecule has 41 heavy (non-hydrogen) atoms. The van der Waals surface area contributed by atoms with Crippen LogP contribution in [0.25, 0.3) is 27.8 Å². The van der Waals surface area contributed by atoms with Crippen molar-refractivity contribution in [3.8, 4) is 0 Å². The van der Waals surface area contributed by atoms with Crippen molar-refractivity contribution >= 4 is 39.3 Å².